The molecule has 2 nitrogen and oxygen atoms in total. The van der Waals surface area contributed by atoms with Crippen LogP contribution in [0, 0.1) is 0 Å². The zero-order valence-electron chi connectivity index (χ0n) is 11.1. The van der Waals surface area contributed by atoms with E-state index in [1.54, 1.807) is 0 Å². The maximum atomic E-state index is 9.27. The van der Waals surface area contributed by atoms with E-state index in [0.29, 0.717) is 6.04 Å². The average Bonchev–Trinajstić information content (AvgIpc) is 2.37. The molecule has 0 heterocycles. The van der Waals surface area contributed by atoms with Crippen molar-refractivity contribution in [1.29, 1.82) is 0 Å². The minimum Gasteiger partial charge on any atom is -0.393 e. The largest absolute Gasteiger partial charge is 0.393 e. The van der Waals surface area contributed by atoms with Crippen molar-refractivity contribution < 1.29 is 5.11 Å². The van der Waals surface area contributed by atoms with E-state index in [1.165, 1.54) is 16.3 Å². The first kappa shape index (κ1) is 13.1. The highest BCUT2D eigenvalue weighted by atomic mass is 16.3. The molecule has 2 unspecified atom stereocenters. The highest BCUT2D eigenvalue weighted by Gasteiger charge is 2.08. The predicted molar refractivity (Wildman–Crippen MR) is 76.7 cm³/mol. The quantitative estimate of drug-likeness (QED) is 0.844. The van der Waals surface area contributed by atoms with E-state index in [2.05, 4.69) is 54.7 Å². The summed E-state index contributed by atoms with van der Waals surface area (Å²) in [7, 11) is 0. The lowest BCUT2D eigenvalue weighted by Crippen LogP contribution is -2.22. The lowest BCUT2D eigenvalue weighted by Gasteiger charge is -2.17. The van der Waals surface area contributed by atoms with Gasteiger partial charge in [0, 0.05) is 6.04 Å². The van der Waals surface area contributed by atoms with Gasteiger partial charge in [-0.15, -0.1) is 0 Å². The van der Waals surface area contributed by atoms with E-state index < -0.39 is 0 Å². The molecule has 0 fully saturated rings. The third-order valence-corrected chi connectivity index (χ3v) is 3.30. The van der Waals surface area contributed by atoms with Gasteiger partial charge in [-0.1, -0.05) is 42.5 Å². The van der Waals surface area contributed by atoms with Crippen LogP contribution in [0.25, 0.3) is 10.8 Å². The second kappa shape index (κ2) is 5.98. The highest BCUT2D eigenvalue weighted by molar-refractivity contribution is 5.86. The Labute approximate surface area is 109 Å². The van der Waals surface area contributed by atoms with Crippen LogP contribution in [0.5, 0.6) is 0 Å². The SMILES string of the molecule is CC(O)CCNC(C)c1cccc2ccccc12. The van der Waals surface area contributed by atoms with Crippen LogP contribution in [0.15, 0.2) is 42.5 Å². The fourth-order valence-corrected chi connectivity index (χ4v) is 2.25. The van der Waals surface area contributed by atoms with Crippen molar-refractivity contribution in [3.8, 4) is 0 Å². The summed E-state index contributed by atoms with van der Waals surface area (Å²) in [6.45, 7) is 4.83. The number of hydrogen-bond donors (Lipinski definition) is 2. The van der Waals surface area contributed by atoms with Gasteiger partial charge in [-0.05, 0) is 43.1 Å². The summed E-state index contributed by atoms with van der Waals surface area (Å²) in [5.74, 6) is 0. The summed E-state index contributed by atoms with van der Waals surface area (Å²) in [5, 5.41) is 15.3. The lowest BCUT2D eigenvalue weighted by atomic mass is 9.99. The van der Waals surface area contributed by atoms with Crippen LogP contribution in [0.4, 0.5) is 0 Å². The maximum Gasteiger partial charge on any atom is 0.0524 e. The zero-order chi connectivity index (χ0) is 13.0. The highest BCUT2D eigenvalue weighted by Crippen LogP contribution is 2.23. The molecule has 2 aromatic carbocycles. The maximum absolute atomic E-state index is 9.27. The van der Waals surface area contributed by atoms with Gasteiger partial charge in [0.25, 0.3) is 0 Å². The molecule has 2 rings (SSSR count). The van der Waals surface area contributed by atoms with Gasteiger partial charge in [-0.25, -0.2) is 0 Å². The van der Waals surface area contributed by atoms with E-state index in [0.717, 1.165) is 13.0 Å². The summed E-state index contributed by atoms with van der Waals surface area (Å²) < 4.78 is 0. The number of nitrogens with one attached hydrogen (secondary N) is 1. The van der Waals surface area contributed by atoms with Crippen molar-refractivity contribution in [2.24, 2.45) is 0 Å². The molecule has 96 valence electrons. The van der Waals surface area contributed by atoms with Crippen LogP contribution in [0.3, 0.4) is 0 Å². The van der Waals surface area contributed by atoms with Crippen molar-refractivity contribution in [2.75, 3.05) is 6.54 Å². The third kappa shape index (κ3) is 3.09. The van der Waals surface area contributed by atoms with Crippen molar-refractivity contribution in [2.45, 2.75) is 32.4 Å². The summed E-state index contributed by atoms with van der Waals surface area (Å²) >= 11 is 0. The van der Waals surface area contributed by atoms with Crippen LogP contribution in [0.1, 0.15) is 31.9 Å². The Bertz CT molecular complexity index is 502. The first-order valence-corrected chi connectivity index (χ1v) is 6.57. The predicted octanol–water partition coefficient (Wildman–Crippen LogP) is 3.26. The Hall–Kier alpha value is -1.38. The number of benzene rings is 2. The number of aliphatic hydroxyl groups is 1. The fraction of sp³-hybridized carbons (Fsp3) is 0.375. The molecule has 0 amide bonds. The molecule has 0 saturated heterocycles. The summed E-state index contributed by atoms with van der Waals surface area (Å²) in [5.41, 5.74) is 1.32. The Kier molecular flexibility index (Phi) is 4.34. The molecule has 0 spiro atoms. The Morgan fingerprint density at radius 2 is 1.78 bits per heavy atom. The number of rotatable bonds is 5. The van der Waals surface area contributed by atoms with E-state index in [1.807, 2.05) is 6.92 Å². The Morgan fingerprint density at radius 3 is 2.56 bits per heavy atom. The van der Waals surface area contributed by atoms with Gasteiger partial charge in [-0.3, -0.25) is 0 Å². The van der Waals surface area contributed by atoms with Crippen molar-refractivity contribution >= 4 is 10.8 Å². The van der Waals surface area contributed by atoms with Crippen molar-refractivity contribution in [3.05, 3.63) is 48.0 Å². The van der Waals surface area contributed by atoms with Crippen LogP contribution in [0.2, 0.25) is 0 Å². The first-order chi connectivity index (χ1) is 8.68. The smallest absolute Gasteiger partial charge is 0.0524 e. The van der Waals surface area contributed by atoms with Crippen molar-refractivity contribution in [3.63, 3.8) is 0 Å². The molecular formula is C16H21NO. The minimum absolute atomic E-state index is 0.239. The normalized spacial score (nSPS) is 14.6. The molecule has 0 bridgehead atoms. The molecule has 0 aromatic heterocycles. The number of aliphatic hydroxyl groups excluding tert-OH is 1. The van der Waals surface area contributed by atoms with Gasteiger partial charge in [0.15, 0.2) is 0 Å². The lowest BCUT2D eigenvalue weighted by molar-refractivity contribution is 0.182. The molecule has 0 aliphatic carbocycles. The molecule has 2 N–H and O–H groups in total. The van der Waals surface area contributed by atoms with Gasteiger partial charge in [0.2, 0.25) is 0 Å². The first-order valence-electron chi connectivity index (χ1n) is 6.57. The van der Waals surface area contributed by atoms with Crippen LogP contribution < -0.4 is 5.32 Å². The van der Waals surface area contributed by atoms with E-state index in [9.17, 15) is 5.11 Å². The van der Waals surface area contributed by atoms with E-state index in [4.69, 9.17) is 0 Å². The van der Waals surface area contributed by atoms with Crippen molar-refractivity contribution in [1.82, 2.24) is 5.32 Å². The van der Waals surface area contributed by atoms with Gasteiger partial charge >= 0.3 is 0 Å². The van der Waals surface area contributed by atoms with Crippen LogP contribution in [-0.2, 0) is 0 Å². The molecule has 2 heteroatoms. The molecule has 2 atom stereocenters. The monoisotopic (exact) mass is 243 g/mol. The average molecular weight is 243 g/mol. The third-order valence-electron chi connectivity index (χ3n) is 3.30. The summed E-state index contributed by atoms with van der Waals surface area (Å²) in [6, 6.07) is 15.2. The topological polar surface area (TPSA) is 32.3 Å². The second-order valence-corrected chi connectivity index (χ2v) is 4.88. The molecule has 2 aromatic rings. The number of hydrogen-bond acceptors (Lipinski definition) is 2. The Morgan fingerprint density at radius 1 is 1.06 bits per heavy atom. The fourth-order valence-electron chi connectivity index (χ4n) is 2.25. The van der Waals surface area contributed by atoms with Crippen LogP contribution in [-0.4, -0.2) is 17.8 Å². The number of fused-ring (bicyclic) bond motifs is 1. The van der Waals surface area contributed by atoms with E-state index in [-0.39, 0.29) is 6.10 Å². The van der Waals surface area contributed by atoms with Crippen LogP contribution >= 0.6 is 0 Å². The standard InChI is InChI=1S/C16H21NO/c1-12(18)10-11-17-13(2)15-9-5-7-14-6-3-4-8-16(14)15/h3-9,12-13,17-18H,10-11H2,1-2H3. The van der Waals surface area contributed by atoms with Gasteiger partial charge in [-0.2, -0.15) is 0 Å². The van der Waals surface area contributed by atoms with Gasteiger partial charge in [0.1, 0.15) is 0 Å². The summed E-state index contributed by atoms with van der Waals surface area (Å²) in [6.07, 6.45) is 0.548. The van der Waals surface area contributed by atoms with Gasteiger partial charge < -0.3 is 10.4 Å². The Balaban J connectivity index is 2.15. The molecular weight excluding hydrogens is 222 g/mol. The zero-order valence-corrected chi connectivity index (χ0v) is 11.1. The second-order valence-electron chi connectivity index (χ2n) is 4.88. The molecule has 0 radical (unpaired) electrons. The minimum atomic E-state index is -0.239. The summed E-state index contributed by atoms with van der Waals surface area (Å²) in [4.78, 5) is 0. The molecule has 0 saturated carbocycles. The van der Waals surface area contributed by atoms with Gasteiger partial charge in [0.05, 0.1) is 6.10 Å². The molecule has 0 aliphatic heterocycles. The molecule has 0 aliphatic rings. The van der Waals surface area contributed by atoms with E-state index >= 15 is 0 Å². The molecule has 18 heavy (non-hydrogen) atoms.